The molecule has 5 rings (SSSR count). The van der Waals surface area contributed by atoms with Crippen molar-refractivity contribution >= 4 is 24.1 Å². The predicted molar refractivity (Wildman–Crippen MR) is 130 cm³/mol. The van der Waals surface area contributed by atoms with E-state index in [0.29, 0.717) is 63.9 Å². The second-order valence-corrected chi connectivity index (χ2v) is 8.44. The standard InChI is InChI=1S/C25H23F2N7O2/c1-13-22(14(2)35)34-12-15(26)9-17(23(34)31-13)19-11-30-25(33(4)24(19)32-28-3)29-10-18-16-7-8-36-21(16)6-5-20(18)27/h5-6,9,11-12H,3,7-8,10H2,1-2,4H3,(H,29,30)/b32-24-. The number of fused-ring (bicyclic) bond motifs is 2. The van der Waals surface area contributed by atoms with Crippen LogP contribution in [0.5, 0.6) is 5.75 Å². The first kappa shape index (κ1) is 23.3. The number of Topliss-reactive ketones (excluding diaryl/α,β-unsaturated/α-hetero) is 1. The fourth-order valence-corrected chi connectivity index (χ4v) is 4.61. The Morgan fingerprint density at radius 3 is 2.86 bits per heavy atom. The SMILES string of the molecule is C=N/N=c1/c(-c2cc(F)cn3c(C(C)=O)c(C)nc23)cnc(NCc2c(F)ccc3c2CCO3)n1C. The summed E-state index contributed by atoms with van der Waals surface area (Å²) in [6, 6.07) is 4.33. The van der Waals surface area contributed by atoms with E-state index < -0.39 is 5.82 Å². The Hall–Kier alpha value is -4.41. The Balaban J connectivity index is 1.61. The number of aromatic nitrogens is 4. The Bertz CT molecular complexity index is 1620. The maximum atomic E-state index is 14.7. The fourth-order valence-electron chi connectivity index (χ4n) is 4.61. The lowest BCUT2D eigenvalue weighted by atomic mass is 10.0. The van der Waals surface area contributed by atoms with Crippen molar-refractivity contribution in [1.29, 1.82) is 0 Å². The maximum absolute atomic E-state index is 14.7. The first-order valence-electron chi connectivity index (χ1n) is 11.2. The van der Waals surface area contributed by atoms with E-state index in [1.165, 1.54) is 35.9 Å². The van der Waals surface area contributed by atoms with E-state index in [1.807, 2.05) is 0 Å². The van der Waals surface area contributed by atoms with Gasteiger partial charge in [0.2, 0.25) is 5.95 Å². The Morgan fingerprint density at radius 2 is 2.11 bits per heavy atom. The van der Waals surface area contributed by atoms with Gasteiger partial charge in [-0.15, -0.1) is 5.10 Å². The van der Waals surface area contributed by atoms with Gasteiger partial charge in [-0.25, -0.2) is 18.7 Å². The molecule has 0 saturated carbocycles. The van der Waals surface area contributed by atoms with Gasteiger partial charge < -0.3 is 10.1 Å². The molecule has 4 heterocycles. The van der Waals surface area contributed by atoms with Crippen LogP contribution in [-0.2, 0) is 20.0 Å². The van der Waals surface area contributed by atoms with Gasteiger partial charge in [0, 0.05) is 68.3 Å². The predicted octanol–water partition coefficient (Wildman–Crippen LogP) is 3.59. The van der Waals surface area contributed by atoms with Crippen LogP contribution in [0.1, 0.15) is 34.2 Å². The quantitative estimate of drug-likeness (QED) is 0.253. The molecular weight excluding hydrogens is 468 g/mol. The molecule has 0 radical (unpaired) electrons. The summed E-state index contributed by atoms with van der Waals surface area (Å²) < 4.78 is 37.8. The van der Waals surface area contributed by atoms with Crippen LogP contribution in [-0.4, -0.2) is 38.0 Å². The largest absolute Gasteiger partial charge is 0.493 e. The average molecular weight is 492 g/mol. The van der Waals surface area contributed by atoms with Crippen molar-refractivity contribution in [1.82, 2.24) is 18.9 Å². The van der Waals surface area contributed by atoms with Crippen molar-refractivity contribution in [2.75, 3.05) is 11.9 Å². The van der Waals surface area contributed by atoms with Gasteiger partial charge in [-0.1, -0.05) is 0 Å². The monoisotopic (exact) mass is 491 g/mol. The van der Waals surface area contributed by atoms with E-state index in [1.54, 1.807) is 24.6 Å². The minimum Gasteiger partial charge on any atom is -0.493 e. The summed E-state index contributed by atoms with van der Waals surface area (Å²) in [5.74, 6) is -0.0596. The zero-order valence-electron chi connectivity index (χ0n) is 20.0. The molecule has 0 aliphatic carbocycles. The van der Waals surface area contributed by atoms with Crippen molar-refractivity contribution < 1.29 is 18.3 Å². The normalized spacial score (nSPS) is 13.1. The molecule has 11 heteroatoms. The summed E-state index contributed by atoms with van der Waals surface area (Å²) in [5.41, 5.74) is 3.62. The molecule has 0 spiro atoms. The number of pyridine rings is 1. The Labute approximate surface area is 204 Å². The van der Waals surface area contributed by atoms with Gasteiger partial charge in [0.1, 0.15) is 28.7 Å². The van der Waals surface area contributed by atoms with Crippen LogP contribution in [0.4, 0.5) is 14.7 Å². The van der Waals surface area contributed by atoms with Gasteiger partial charge in [-0.05, 0) is 25.1 Å². The average Bonchev–Trinajstić information content (AvgIpc) is 3.44. The van der Waals surface area contributed by atoms with Gasteiger partial charge in [0.15, 0.2) is 11.3 Å². The number of anilines is 1. The van der Waals surface area contributed by atoms with Crippen molar-refractivity contribution in [2.45, 2.75) is 26.8 Å². The number of nitrogens with zero attached hydrogens (tertiary/aromatic N) is 6. The zero-order valence-corrected chi connectivity index (χ0v) is 20.0. The third-order valence-electron chi connectivity index (χ3n) is 6.21. The Morgan fingerprint density at radius 1 is 1.31 bits per heavy atom. The highest BCUT2D eigenvalue weighted by molar-refractivity contribution is 5.95. The first-order chi connectivity index (χ1) is 17.3. The van der Waals surface area contributed by atoms with Crippen molar-refractivity contribution in [3.8, 4) is 16.9 Å². The molecule has 36 heavy (non-hydrogen) atoms. The Kier molecular flexibility index (Phi) is 5.83. The summed E-state index contributed by atoms with van der Waals surface area (Å²) in [4.78, 5) is 21.2. The molecule has 0 atom stereocenters. The molecule has 0 unspecified atom stereocenters. The highest BCUT2D eigenvalue weighted by Crippen LogP contribution is 2.31. The lowest BCUT2D eigenvalue weighted by molar-refractivity contribution is 0.101. The zero-order chi connectivity index (χ0) is 25.6. The minimum atomic E-state index is -0.560. The van der Waals surface area contributed by atoms with Gasteiger partial charge in [-0.2, -0.15) is 5.10 Å². The minimum absolute atomic E-state index is 0.172. The van der Waals surface area contributed by atoms with E-state index in [2.05, 4.69) is 32.2 Å². The molecule has 0 amide bonds. The number of imidazole rings is 1. The molecule has 3 aromatic heterocycles. The number of rotatable bonds is 6. The second kappa shape index (κ2) is 8.99. The molecule has 9 nitrogen and oxygen atoms in total. The van der Waals surface area contributed by atoms with Crippen molar-refractivity contribution in [3.05, 3.63) is 70.2 Å². The molecule has 0 saturated heterocycles. The summed E-state index contributed by atoms with van der Waals surface area (Å²) in [6.07, 6.45) is 3.36. The number of benzene rings is 1. The molecule has 1 aliphatic rings. The number of nitrogens with one attached hydrogen (secondary N) is 1. The molecule has 0 bridgehead atoms. The molecule has 184 valence electrons. The molecule has 1 N–H and O–H groups in total. The topological polar surface area (TPSA) is 98.2 Å². The number of ether oxygens (including phenoxy) is 1. The van der Waals surface area contributed by atoms with E-state index in [0.717, 1.165) is 5.56 Å². The van der Waals surface area contributed by atoms with Gasteiger partial charge >= 0.3 is 0 Å². The fraction of sp³-hybridized carbons (Fsp3) is 0.240. The van der Waals surface area contributed by atoms with Crippen LogP contribution >= 0.6 is 0 Å². The number of carbonyl (C=O) groups is 1. The summed E-state index contributed by atoms with van der Waals surface area (Å²) in [6.45, 7) is 7.24. The lowest BCUT2D eigenvalue weighted by Gasteiger charge is -2.15. The molecular formula is C25H23F2N7O2. The number of hydrogen-bond donors (Lipinski definition) is 1. The van der Waals surface area contributed by atoms with Crippen LogP contribution in [0, 0.1) is 18.6 Å². The third-order valence-corrected chi connectivity index (χ3v) is 6.21. The highest BCUT2D eigenvalue weighted by atomic mass is 19.1. The summed E-state index contributed by atoms with van der Waals surface area (Å²) in [7, 11) is 1.70. The van der Waals surface area contributed by atoms with Crippen LogP contribution in [0.3, 0.4) is 0 Å². The van der Waals surface area contributed by atoms with Crippen molar-refractivity contribution in [3.63, 3.8) is 0 Å². The number of hydrogen-bond acceptors (Lipinski definition) is 7. The van der Waals surface area contributed by atoms with Gasteiger partial charge in [0.25, 0.3) is 0 Å². The first-order valence-corrected chi connectivity index (χ1v) is 11.2. The summed E-state index contributed by atoms with van der Waals surface area (Å²) in [5, 5.41) is 11.0. The van der Waals surface area contributed by atoms with Crippen LogP contribution in [0.2, 0.25) is 0 Å². The smallest absolute Gasteiger partial charge is 0.204 e. The number of carbonyl (C=O) groups excluding carboxylic acids is 1. The van der Waals surface area contributed by atoms with Crippen LogP contribution in [0.25, 0.3) is 16.8 Å². The van der Waals surface area contributed by atoms with E-state index in [4.69, 9.17) is 4.74 Å². The van der Waals surface area contributed by atoms with E-state index in [-0.39, 0.29) is 18.1 Å². The number of halogens is 2. The molecule has 0 fully saturated rings. The second-order valence-electron chi connectivity index (χ2n) is 8.44. The van der Waals surface area contributed by atoms with Gasteiger partial charge in [-0.3, -0.25) is 13.8 Å². The molecule has 1 aromatic carbocycles. The number of aryl methyl sites for hydroxylation is 1. The highest BCUT2D eigenvalue weighted by Gasteiger charge is 2.21. The van der Waals surface area contributed by atoms with Crippen LogP contribution in [0.15, 0.2) is 40.8 Å². The molecule has 1 aliphatic heterocycles. The van der Waals surface area contributed by atoms with Crippen molar-refractivity contribution in [2.24, 2.45) is 17.3 Å². The number of ketones is 1. The van der Waals surface area contributed by atoms with E-state index in [9.17, 15) is 13.6 Å². The van der Waals surface area contributed by atoms with Crippen LogP contribution < -0.4 is 15.5 Å². The third kappa shape index (κ3) is 3.82. The molecule has 4 aromatic rings. The lowest BCUT2D eigenvalue weighted by Crippen LogP contribution is -2.25. The maximum Gasteiger partial charge on any atom is 0.204 e. The van der Waals surface area contributed by atoms with E-state index >= 15 is 0 Å². The van der Waals surface area contributed by atoms with Gasteiger partial charge in [0.05, 0.1) is 12.3 Å². The summed E-state index contributed by atoms with van der Waals surface area (Å²) >= 11 is 0.